The number of carbonyl (C=O) groups is 1. The van der Waals surface area contributed by atoms with Crippen LogP contribution >= 0.6 is 13.5 Å². The molecule has 1 aliphatic rings. The maximum atomic E-state index is 13.9. The van der Waals surface area contributed by atoms with Gasteiger partial charge in [0.15, 0.2) is 0 Å². The lowest BCUT2D eigenvalue weighted by molar-refractivity contribution is 0.0889. The number of nitrogens with zero attached hydrogens (tertiary/aromatic N) is 1. The second-order valence-corrected chi connectivity index (χ2v) is 8.70. The zero-order chi connectivity index (χ0) is 19.8. The van der Waals surface area contributed by atoms with Gasteiger partial charge in [-0.1, -0.05) is 49.4 Å². The molecule has 152 valence electrons. The summed E-state index contributed by atoms with van der Waals surface area (Å²) in [6.07, 6.45) is 5.55. The van der Waals surface area contributed by atoms with Gasteiger partial charge in [-0.2, -0.15) is 13.5 Å². The Morgan fingerprint density at radius 1 is 1.17 bits per heavy atom. The average Bonchev–Trinajstić information content (AvgIpc) is 3.38. The van der Waals surface area contributed by atoms with Crippen LogP contribution in [0.2, 0.25) is 0 Å². The van der Waals surface area contributed by atoms with Crippen molar-refractivity contribution in [1.29, 1.82) is 0 Å². The summed E-state index contributed by atoms with van der Waals surface area (Å²) in [7, 11) is 0. The summed E-state index contributed by atoms with van der Waals surface area (Å²) < 4.78 is 13.9. The molecule has 2 aromatic carbocycles. The molecular formula is C24H27FN2OS. The number of halogens is 1. The van der Waals surface area contributed by atoms with Crippen molar-refractivity contribution < 1.29 is 9.18 Å². The third-order valence-corrected chi connectivity index (χ3v) is 5.70. The number of rotatable bonds is 6. The highest BCUT2D eigenvalue weighted by atomic mass is 32.1. The van der Waals surface area contributed by atoms with Crippen LogP contribution in [0.25, 0.3) is 10.9 Å². The number of hydrogen-bond acceptors (Lipinski definition) is 2. The molecule has 1 heterocycles. The van der Waals surface area contributed by atoms with E-state index in [2.05, 4.69) is 36.3 Å². The highest BCUT2D eigenvalue weighted by Gasteiger charge is 2.44. The number of nitrogens with one attached hydrogen (secondary N) is 1. The smallest absolute Gasteiger partial charge is 0.253 e. The van der Waals surface area contributed by atoms with Crippen LogP contribution in [0.5, 0.6) is 0 Å². The van der Waals surface area contributed by atoms with E-state index in [0.29, 0.717) is 16.4 Å². The van der Waals surface area contributed by atoms with Gasteiger partial charge in [0.2, 0.25) is 0 Å². The molecule has 0 saturated heterocycles. The first-order valence-electron chi connectivity index (χ1n) is 9.77. The van der Waals surface area contributed by atoms with Crippen LogP contribution in [0.1, 0.15) is 49.0 Å². The SMILES string of the molecule is CC1(C[C@@](C)(Cc2ccccc2)NC(=O)c2cnc3c(F)cccc3c2)CC1.S. The summed E-state index contributed by atoms with van der Waals surface area (Å²) in [5.41, 5.74) is 1.88. The molecule has 0 unspecified atom stereocenters. The maximum Gasteiger partial charge on any atom is 0.253 e. The lowest BCUT2D eigenvalue weighted by Gasteiger charge is -2.34. The van der Waals surface area contributed by atoms with Crippen molar-refractivity contribution in [2.75, 3.05) is 0 Å². The summed E-state index contributed by atoms with van der Waals surface area (Å²) in [5.74, 6) is -0.540. The van der Waals surface area contributed by atoms with Gasteiger partial charge < -0.3 is 5.32 Å². The van der Waals surface area contributed by atoms with Gasteiger partial charge in [0.25, 0.3) is 5.91 Å². The Labute approximate surface area is 178 Å². The summed E-state index contributed by atoms with van der Waals surface area (Å²) in [4.78, 5) is 17.2. The number of hydrogen-bond donors (Lipinski definition) is 1. The molecule has 0 bridgehead atoms. The minimum Gasteiger partial charge on any atom is -0.346 e. The van der Waals surface area contributed by atoms with E-state index < -0.39 is 0 Å². The van der Waals surface area contributed by atoms with Crippen molar-refractivity contribution in [2.45, 2.75) is 45.1 Å². The van der Waals surface area contributed by atoms with Crippen LogP contribution < -0.4 is 5.32 Å². The van der Waals surface area contributed by atoms with E-state index in [9.17, 15) is 9.18 Å². The molecule has 0 aliphatic heterocycles. The molecule has 1 fully saturated rings. The van der Waals surface area contributed by atoms with Gasteiger partial charge in [-0.25, -0.2) is 4.39 Å². The second kappa shape index (κ2) is 8.15. The lowest BCUT2D eigenvalue weighted by atomic mass is 9.82. The highest BCUT2D eigenvalue weighted by molar-refractivity contribution is 7.59. The number of amides is 1. The minimum absolute atomic E-state index is 0. The second-order valence-electron chi connectivity index (χ2n) is 8.70. The normalized spacial score (nSPS) is 16.5. The van der Waals surface area contributed by atoms with E-state index >= 15 is 0 Å². The first-order valence-corrected chi connectivity index (χ1v) is 9.77. The first-order chi connectivity index (χ1) is 13.4. The average molecular weight is 411 g/mol. The van der Waals surface area contributed by atoms with E-state index in [1.54, 1.807) is 18.2 Å². The molecule has 3 nitrogen and oxygen atoms in total. The minimum atomic E-state index is -0.375. The van der Waals surface area contributed by atoms with Gasteiger partial charge in [-0.05, 0) is 55.7 Å². The molecule has 1 aliphatic carbocycles. The van der Waals surface area contributed by atoms with Crippen molar-refractivity contribution in [3.8, 4) is 0 Å². The van der Waals surface area contributed by atoms with E-state index in [4.69, 9.17) is 0 Å². The zero-order valence-electron chi connectivity index (χ0n) is 16.8. The van der Waals surface area contributed by atoms with Crippen LogP contribution in [0, 0.1) is 11.2 Å². The van der Waals surface area contributed by atoms with Crippen LogP contribution in [0.4, 0.5) is 4.39 Å². The number of para-hydroxylation sites is 1. The van der Waals surface area contributed by atoms with Gasteiger partial charge in [0.05, 0.1) is 5.56 Å². The molecule has 5 heteroatoms. The van der Waals surface area contributed by atoms with Gasteiger partial charge in [0, 0.05) is 17.1 Å². The van der Waals surface area contributed by atoms with E-state index in [-0.39, 0.29) is 36.3 Å². The Morgan fingerprint density at radius 2 is 1.90 bits per heavy atom. The van der Waals surface area contributed by atoms with E-state index in [0.717, 1.165) is 12.8 Å². The number of aromatic nitrogens is 1. The molecule has 1 aromatic heterocycles. The fourth-order valence-electron chi connectivity index (χ4n) is 4.12. The topological polar surface area (TPSA) is 42.0 Å². The Hall–Kier alpha value is -2.40. The predicted molar refractivity (Wildman–Crippen MR) is 120 cm³/mol. The lowest BCUT2D eigenvalue weighted by Crippen LogP contribution is -2.49. The Bertz CT molecular complexity index is 1020. The standard InChI is InChI=1S/C24H25FN2O.H2S/c1-23(11-12-23)16-24(2,14-17-7-4-3-5-8-17)27-22(28)19-13-18-9-6-10-20(25)21(18)26-15-19;/h3-10,13,15H,11-12,14,16H2,1-2H3,(H,27,28);1H2/t24-;/m1./s1. The van der Waals surface area contributed by atoms with Crippen LogP contribution in [0.15, 0.2) is 60.8 Å². The Balaban J connectivity index is 0.00000240. The number of pyridine rings is 1. The molecule has 0 radical (unpaired) electrons. The predicted octanol–water partition coefficient (Wildman–Crippen LogP) is 5.41. The highest BCUT2D eigenvalue weighted by Crippen LogP contribution is 2.51. The summed E-state index contributed by atoms with van der Waals surface area (Å²) in [6.45, 7) is 4.40. The van der Waals surface area contributed by atoms with Gasteiger partial charge in [-0.15, -0.1) is 0 Å². The van der Waals surface area contributed by atoms with Gasteiger partial charge in [-0.3, -0.25) is 9.78 Å². The Kier molecular flexibility index (Phi) is 5.99. The van der Waals surface area contributed by atoms with Gasteiger partial charge >= 0.3 is 0 Å². The van der Waals surface area contributed by atoms with Crippen molar-refractivity contribution in [2.24, 2.45) is 5.41 Å². The fraction of sp³-hybridized carbons (Fsp3) is 0.333. The van der Waals surface area contributed by atoms with Crippen molar-refractivity contribution >= 4 is 30.3 Å². The van der Waals surface area contributed by atoms with E-state index in [1.807, 2.05) is 18.2 Å². The molecule has 29 heavy (non-hydrogen) atoms. The summed E-state index contributed by atoms with van der Waals surface area (Å²) in [5, 5.41) is 3.89. The van der Waals surface area contributed by atoms with Crippen LogP contribution in [0.3, 0.4) is 0 Å². The third-order valence-electron chi connectivity index (χ3n) is 5.70. The summed E-state index contributed by atoms with van der Waals surface area (Å²) >= 11 is 0. The quantitative estimate of drug-likeness (QED) is 0.590. The molecule has 1 atom stereocenters. The number of benzene rings is 2. The van der Waals surface area contributed by atoms with E-state index in [1.165, 1.54) is 30.7 Å². The molecule has 4 rings (SSSR count). The number of fused-ring (bicyclic) bond motifs is 1. The largest absolute Gasteiger partial charge is 0.346 e. The molecule has 0 spiro atoms. The Morgan fingerprint density at radius 3 is 2.59 bits per heavy atom. The third kappa shape index (κ3) is 4.96. The maximum absolute atomic E-state index is 13.9. The molecule has 1 saturated carbocycles. The monoisotopic (exact) mass is 410 g/mol. The van der Waals surface area contributed by atoms with Crippen LogP contribution in [-0.4, -0.2) is 16.4 Å². The first kappa shape index (κ1) is 21.3. The molecule has 3 aromatic rings. The van der Waals surface area contributed by atoms with Gasteiger partial charge in [0.1, 0.15) is 11.3 Å². The van der Waals surface area contributed by atoms with Crippen molar-refractivity contribution in [3.05, 3.63) is 77.7 Å². The zero-order valence-corrected chi connectivity index (χ0v) is 17.8. The molecule has 1 amide bonds. The van der Waals surface area contributed by atoms with Crippen molar-refractivity contribution in [1.82, 2.24) is 10.3 Å². The molecular weight excluding hydrogens is 383 g/mol. The molecule has 1 N–H and O–H groups in total. The van der Waals surface area contributed by atoms with Crippen molar-refractivity contribution in [3.63, 3.8) is 0 Å². The van der Waals surface area contributed by atoms with Crippen LogP contribution in [-0.2, 0) is 6.42 Å². The fourth-order valence-corrected chi connectivity index (χ4v) is 4.12. The summed E-state index contributed by atoms with van der Waals surface area (Å²) in [6, 6.07) is 16.7. The number of carbonyl (C=O) groups excluding carboxylic acids is 1.